The van der Waals surface area contributed by atoms with Gasteiger partial charge < -0.3 is 10.2 Å². The molecule has 2 aromatic carbocycles. The molecular formula is C22H21ClN4O2S2. The lowest BCUT2D eigenvalue weighted by molar-refractivity contribution is -0.116. The van der Waals surface area contributed by atoms with Crippen LogP contribution in [0.5, 0.6) is 0 Å². The Hall–Kier alpha value is -2.42. The molecule has 0 aliphatic carbocycles. The molecule has 0 saturated heterocycles. The van der Waals surface area contributed by atoms with E-state index in [0.29, 0.717) is 26.6 Å². The van der Waals surface area contributed by atoms with Gasteiger partial charge in [-0.25, -0.2) is 0 Å². The minimum absolute atomic E-state index is 0.0235. The molecule has 2 heterocycles. The van der Waals surface area contributed by atoms with Gasteiger partial charge in [0, 0.05) is 35.4 Å². The number of halogens is 1. The molecule has 0 bridgehead atoms. The van der Waals surface area contributed by atoms with Crippen LogP contribution in [-0.4, -0.2) is 33.7 Å². The first kappa shape index (κ1) is 21.8. The number of hydrogen-bond donors (Lipinski definition) is 1. The van der Waals surface area contributed by atoms with Crippen LogP contribution in [0.25, 0.3) is 0 Å². The molecule has 1 atom stereocenters. The fraction of sp³-hybridized carbons (Fsp3) is 0.273. The average molecular weight is 473 g/mol. The van der Waals surface area contributed by atoms with Gasteiger partial charge in [-0.3, -0.25) is 9.59 Å². The van der Waals surface area contributed by atoms with E-state index in [2.05, 4.69) is 15.5 Å². The molecule has 0 spiro atoms. The summed E-state index contributed by atoms with van der Waals surface area (Å²) in [4.78, 5) is 26.4. The topological polar surface area (TPSA) is 75.2 Å². The maximum atomic E-state index is 13.0. The summed E-state index contributed by atoms with van der Waals surface area (Å²) in [7, 11) is 0. The molecule has 1 unspecified atom stereocenters. The van der Waals surface area contributed by atoms with Crippen molar-refractivity contribution in [2.24, 2.45) is 0 Å². The number of nitrogens with zero attached hydrogens (tertiary/aromatic N) is 3. The number of ketones is 1. The Bertz CT molecular complexity index is 1160. The summed E-state index contributed by atoms with van der Waals surface area (Å²) in [6.45, 7) is 6.04. The Labute approximate surface area is 194 Å². The highest BCUT2D eigenvalue weighted by Crippen LogP contribution is 2.34. The van der Waals surface area contributed by atoms with E-state index in [1.807, 2.05) is 44.2 Å². The molecule has 0 fully saturated rings. The standard InChI is InChI=1S/C22H21ClN4O2S2/c1-12-17(23)5-4-6-18(12)24-21-25-26-22(31-21)30-13(2)20(29)16-7-8-19-15(11-16)9-10-27(19)14(3)28/h4-8,11,13H,9-10H2,1-3H3,(H,24,25). The van der Waals surface area contributed by atoms with Crippen LogP contribution >= 0.6 is 34.7 Å². The maximum Gasteiger partial charge on any atom is 0.223 e. The van der Waals surface area contributed by atoms with E-state index >= 15 is 0 Å². The first-order valence-electron chi connectivity index (χ1n) is 9.81. The van der Waals surface area contributed by atoms with Gasteiger partial charge in [0.1, 0.15) is 0 Å². The number of amides is 1. The number of carbonyl (C=O) groups excluding carboxylic acids is 2. The van der Waals surface area contributed by atoms with Crippen LogP contribution in [-0.2, 0) is 11.2 Å². The lowest BCUT2D eigenvalue weighted by atomic mass is 10.0. The molecule has 0 radical (unpaired) electrons. The second kappa shape index (κ2) is 8.98. The summed E-state index contributed by atoms with van der Waals surface area (Å²) in [5.41, 5.74) is 4.42. The summed E-state index contributed by atoms with van der Waals surface area (Å²) >= 11 is 8.96. The molecular weight excluding hydrogens is 452 g/mol. The Morgan fingerprint density at radius 1 is 1.26 bits per heavy atom. The molecule has 6 nitrogen and oxygen atoms in total. The van der Waals surface area contributed by atoms with Crippen LogP contribution in [0.4, 0.5) is 16.5 Å². The van der Waals surface area contributed by atoms with Crippen molar-refractivity contribution < 1.29 is 9.59 Å². The Morgan fingerprint density at radius 3 is 2.84 bits per heavy atom. The van der Waals surface area contributed by atoms with Crippen LogP contribution in [0.3, 0.4) is 0 Å². The highest BCUT2D eigenvalue weighted by molar-refractivity contribution is 8.02. The van der Waals surface area contributed by atoms with Crippen molar-refractivity contribution in [3.8, 4) is 0 Å². The molecule has 1 aliphatic heterocycles. The van der Waals surface area contributed by atoms with Gasteiger partial charge in [0.25, 0.3) is 0 Å². The zero-order valence-electron chi connectivity index (χ0n) is 17.3. The van der Waals surface area contributed by atoms with E-state index in [4.69, 9.17) is 11.6 Å². The van der Waals surface area contributed by atoms with Gasteiger partial charge in [0.15, 0.2) is 10.1 Å². The highest BCUT2D eigenvalue weighted by Gasteiger charge is 2.25. The van der Waals surface area contributed by atoms with Crippen molar-refractivity contribution >= 4 is 62.9 Å². The quantitative estimate of drug-likeness (QED) is 0.376. The minimum Gasteiger partial charge on any atom is -0.330 e. The SMILES string of the molecule is CC(=O)N1CCc2cc(C(=O)C(C)Sc3nnc(Nc4cccc(Cl)c4C)s3)ccc21. The zero-order valence-corrected chi connectivity index (χ0v) is 19.7. The van der Waals surface area contributed by atoms with Gasteiger partial charge in [-0.15, -0.1) is 10.2 Å². The van der Waals surface area contributed by atoms with Crippen molar-refractivity contribution in [1.82, 2.24) is 10.2 Å². The molecule has 1 N–H and O–H groups in total. The van der Waals surface area contributed by atoms with E-state index < -0.39 is 0 Å². The third kappa shape index (κ3) is 4.61. The smallest absolute Gasteiger partial charge is 0.223 e. The second-order valence-corrected chi connectivity index (χ2v) is 10.3. The highest BCUT2D eigenvalue weighted by atomic mass is 35.5. The number of anilines is 3. The summed E-state index contributed by atoms with van der Waals surface area (Å²) in [5, 5.41) is 12.7. The molecule has 1 aromatic heterocycles. The maximum absolute atomic E-state index is 13.0. The predicted octanol–water partition coefficient (Wildman–Crippen LogP) is 5.52. The van der Waals surface area contributed by atoms with Gasteiger partial charge in [0.2, 0.25) is 11.0 Å². The van der Waals surface area contributed by atoms with Crippen molar-refractivity contribution in [2.45, 2.75) is 36.8 Å². The van der Waals surface area contributed by atoms with E-state index in [0.717, 1.165) is 28.9 Å². The van der Waals surface area contributed by atoms with E-state index in [1.165, 1.54) is 23.1 Å². The van der Waals surface area contributed by atoms with E-state index in [-0.39, 0.29) is 16.9 Å². The Kier molecular flexibility index (Phi) is 6.31. The van der Waals surface area contributed by atoms with Crippen molar-refractivity contribution in [1.29, 1.82) is 0 Å². The molecule has 31 heavy (non-hydrogen) atoms. The molecule has 9 heteroatoms. The van der Waals surface area contributed by atoms with Crippen molar-refractivity contribution in [3.05, 3.63) is 58.1 Å². The third-order valence-corrected chi connectivity index (χ3v) is 7.63. The lowest BCUT2D eigenvalue weighted by Gasteiger charge is -2.15. The van der Waals surface area contributed by atoms with Gasteiger partial charge in [-0.05, 0) is 61.7 Å². The van der Waals surface area contributed by atoms with Gasteiger partial charge >= 0.3 is 0 Å². The predicted molar refractivity (Wildman–Crippen MR) is 127 cm³/mol. The molecule has 0 saturated carbocycles. The lowest BCUT2D eigenvalue weighted by Crippen LogP contribution is -2.25. The molecule has 4 rings (SSSR count). The number of rotatable bonds is 6. The Balaban J connectivity index is 1.43. The van der Waals surface area contributed by atoms with Gasteiger partial charge in [0.05, 0.1) is 5.25 Å². The number of Topliss-reactive ketones (excluding diaryl/α,β-unsaturated/α-hetero) is 1. The zero-order chi connectivity index (χ0) is 22.1. The average Bonchev–Trinajstić information content (AvgIpc) is 3.37. The normalized spacial score (nSPS) is 13.7. The number of nitrogens with one attached hydrogen (secondary N) is 1. The minimum atomic E-state index is -0.308. The number of aromatic nitrogens is 2. The van der Waals surface area contributed by atoms with Crippen LogP contribution in [0.1, 0.15) is 35.3 Å². The fourth-order valence-corrected chi connectivity index (χ4v) is 5.65. The molecule has 1 aliphatic rings. The van der Waals surface area contributed by atoms with Crippen molar-refractivity contribution in [2.75, 3.05) is 16.8 Å². The number of fused-ring (bicyclic) bond motifs is 1. The first-order valence-corrected chi connectivity index (χ1v) is 11.9. The summed E-state index contributed by atoms with van der Waals surface area (Å²) in [5.74, 6) is 0.0554. The molecule has 1 amide bonds. The molecule has 3 aromatic rings. The van der Waals surface area contributed by atoms with Crippen LogP contribution in [0.2, 0.25) is 5.02 Å². The largest absolute Gasteiger partial charge is 0.330 e. The van der Waals surface area contributed by atoms with Crippen molar-refractivity contribution in [3.63, 3.8) is 0 Å². The number of hydrogen-bond acceptors (Lipinski definition) is 7. The second-order valence-electron chi connectivity index (χ2n) is 7.30. The van der Waals surface area contributed by atoms with Crippen LogP contribution in [0, 0.1) is 6.92 Å². The van der Waals surface area contributed by atoms with E-state index in [1.54, 1.807) is 17.9 Å². The van der Waals surface area contributed by atoms with Gasteiger partial charge in [-0.1, -0.05) is 40.8 Å². The summed E-state index contributed by atoms with van der Waals surface area (Å²) in [6, 6.07) is 11.2. The number of thioether (sulfide) groups is 1. The molecule has 160 valence electrons. The Morgan fingerprint density at radius 2 is 2.06 bits per heavy atom. The third-order valence-electron chi connectivity index (χ3n) is 5.20. The van der Waals surface area contributed by atoms with Gasteiger partial charge in [-0.2, -0.15) is 0 Å². The fourth-order valence-electron chi connectivity index (χ4n) is 3.49. The number of carbonyl (C=O) groups is 2. The van der Waals surface area contributed by atoms with Crippen LogP contribution in [0.15, 0.2) is 40.7 Å². The summed E-state index contributed by atoms with van der Waals surface area (Å²) in [6.07, 6.45) is 0.770. The summed E-state index contributed by atoms with van der Waals surface area (Å²) < 4.78 is 0.715. The number of benzene rings is 2. The first-order chi connectivity index (χ1) is 14.8. The monoisotopic (exact) mass is 472 g/mol. The van der Waals surface area contributed by atoms with E-state index in [9.17, 15) is 9.59 Å². The van der Waals surface area contributed by atoms with Crippen LogP contribution < -0.4 is 10.2 Å².